The molecule has 0 saturated heterocycles. The number of ether oxygens (including phenoxy) is 1. The molecule has 4 rings (SSSR count). The lowest BCUT2D eigenvalue weighted by Crippen LogP contribution is -2.15. The summed E-state index contributed by atoms with van der Waals surface area (Å²) >= 11 is 1.35. The van der Waals surface area contributed by atoms with E-state index >= 15 is 0 Å². The van der Waals surface area contributed by atoms with Gasteiger partial charge in [-0.2, -0.15) is 0 Å². The van der Waals surface area contributed by atoms with Gasteiger partial charge in [-0.3, -0.25) is 9.59 Å². The summed E-state index contributed by atoms with van der Waals surface area (Å²) in [4.78, 5) is 25.5. The highest BCUT2D eigenvalue weighted by Crippen LogP contribution is 2.42. The first-order valence-electron chi connectivity index (χ1n) is 8.20. The number of primary amides is 1. The Kier molecular flexibility index (Phi) is 4.16. The number of carbonyl (C=O) groups is 2. The summed E-state index contributed by atoms with van der Waals surface area (Å²) in [7, 11) is 0. The van der Waals surface area contributed by atoms with E-state index in [1.807, 2.05) is 24.3 Å². The number of nitrogens with two attached hydrogens (primary N) is 1. The third-order valence-corrected chi connectivity index (χ3v) is 5.63. The van der Waals surface area contributed by atoms with Crippen LogP contribution in [0, 0.1) is 12.7 Å². The molecule has 2 aromatic carbocycles. The number of carbonyl (C=O) groups excluding carboxylic acids is 2. The van der Waals surface area contributed by atoms with Crippen LogP contribution in [0.1, 0.15) is 31.2 Å². The first kappa shape index (κ1) is 17.2. The Morgan fingerprint density at radius 3 is 2.78 bits per heavy atom. The van der Waals surface area contributed by atoms with Gasteiger partial charge in [0.1, 0.15) is 18.2 Å². The van der Waals surface area contributed by atoms with Crippen molar-refractivity contribution >= 4 is 28.8 Å². The molecule has 0 spiro atoms. The second kappa shape index (κ2) is 6.51. The summed E-state index contributed by atoms with van der Waals surface area (Å²) in [6.07, 6.45) is 0. The standard InChI is InChI=1S/C20H15FN2O3S/c1-10-14(21)6-11(19(22)24)7-15(10)23-20(25)17-8-12-9-26-16-5-3-2-4-13(16)18(12)27-17/h2-8H,9H2,1H3,(H2,22,24)(H,23,25). The van der Waals surface area contributed by atoms with Crippen LogP contribution >= 0.6 is 11.3 Å². The predicted octanol–water partition coefficient (Wildman–Crippen LogP) is 4.11. The van der Waals surface area contributed by atoms with Gasteiger partial charge >= 0.3 is 0 Å². The Morgan fingerprint density at radius 2 is 2.00 bits per heavy atom. The van der Waals surface area contributed by atoms with Crippen molar-refractivity contribution in [2.24, 2.45) is 5.73 Å². The average molecular weight is 382 g/mol. The van der Waals surface area contributed by atoms with Crippen LogP contribution in [0.15, 0.2) is 42.5 Å². The summed E-state index contributed by atoms with van der Waals surface area (Å²) in [6, 6.07) is 11.9. The fraction of sp³-hybridized carbons (Fsp3) is 0.100. The molecule has 0 fully saturated rings. The number of para-hydroxylation sites is 1. The largest absolute Gasteiger partial charge is 0.488 e. The third-order valence-electron chi connectivity index (χ3n) is 4.42. The highest BCUT2D eigenvalue weighted by atomic mass is 32.1. The second-order valence-electron chi connectivity index (χ2n) is 6.20. The summed E-state index contributed by atoms with van der Waals surface area (Å²) in [6.45, 7) is 1.92. The van der Waals surface area contributed by atoms with Crippen LogP contribution < -0.4 is 15.8 Å². The number of thiophene rings is 1. The Morgan fingerprint density at radius 1 is 1.22 bits per heavy atom. The molecule has 0 unspecified atom stereocenters. The zero-order chi connectivity index (χ0) is 19.1. The van der Waals surface area contributed by atoms with Gasteiger partial charge in [-0.05, 0) is 37.3 Å². The molecule has 27 heavy (non-hydrogen) atoms. The summed E-state index contributed by atoms with van der Waals surface area (Å²) in [5, 5.41) is 2.68. The zero-order valence-corrected chi connectivity index (χ0v) is 15.2. The second-order valence-corrected chi connectivity index (χ2v) is 7.25. The topological polar surface area (TPSA) is 81.4 Å². The molecule has 5 nitrogen and oxygen atoms in total. The van der Waals surface area contributed by atoms with Crippen molar-refractivity contribution in [1.82, 2.24) is 0 Å². The van der Waals surface area contributed by atoms with Crippen LogP contribution in [0.4, 0.5) is 10.1 Å². The van der Waals surface area contributed by atoms with Crippen molar-refractivity contribution in [2.45, 2.75) is 13.5 Å². The Bertz CT molecular complexity index is 1090. The Balaban J connectivity index is 1.67. The number of benzene rings is 2. The first-order valence-corrected chi connectivity index (χ1v) is 9.02. The summed E-state index contributed by atoms with van der Waals surface area (Å²) in [5.74, 6) is -0.957. The minimum absolute atomic E-state index is 0.00111. The van der Waals surface area contributed by atoms with Crippen LogP contribution in [-0.2, 0) is 6.61 Å². The fourth-order valence-corrected chi connectivity index (χ4v) is 4.04. The maximum Gasteiger partial charge on any atom is 0.265 e. The normalized spacial score (nSPS) is 11.9. The molecular formula is C20H15FN2O3S. The molecular weight excluding hydrogens is 367 g/mol. The van der Waals surface area contributed by atoms with E-state index in [1.165, 1.54) is 24.3 Å². The highest BCUT2D eigenvalue weighted by molar-refractivity contribution is 7.17. The van der Waals surface area contributed by atoms with Crippen molar-refractivity contribution in [3.05, 3.63) is 69.8 Å². The molecule has 7 heteroatoms. The van der Waals surface area contributed by atoms with Crippen molar-refractivity contribution in [2.75, 3.05) is 5.32 Å². The van der Waals surface area contributed by atoms with E-state index in [2.05, 4.69) is 5.32 Å². The van der Waals surface area contributed by atoms with E-state index in [1.54, 1.807) is 6.07 Å². The van der Waals surface area contributed by atoms with Gasteiger partial charge in [-0.15, -0.1) is 11.3 Å². The lowest BCUT2D eigenvalue weighted by molar-refractivity contribution is 0.0996. The van der Waals surface area contributed by atoms with E-state index in [9.17, 15) is 14.0 Å². The average Bonchev–Trinajstić information content (AvgIpc) is 3.10. The quantitative estimate of drug-likeness (QED) is 0.715. The van der Waals surface area contributed by atoms with Crippen LogP contribution in [0.3, 0.4) is 0 Å². The van der Waals surface area contributed by atoms with Crippen molar-refractivity contribution in [3.8, 4) is 16.2 Å². The number of rotatable bonds is 3. The van der Waals surface area contributed by atoms with Crippen LogP contribution in [0.25, 0.3) is 10.4 Å². The van der Waals surface area contributed by atoms with Gasteiger partial charge in [0.25, 0.3) is 5.91 Å². The van der Waals surface area contributed by atoms with Gasteiger partial charge in [0.05, 0.1) is 4.88 Å². The number of fused-ring (bicyclic) bond motifs is 3. The lowest BCUT2D eigenvalue weighted by atomic mass is 10.1. The molecule has 1 aromatic heterocycles. The number of amides is 2. The summed E-state index contributed by atoms with van der Waals surface area (Å²) in [5.41, 5.74) is 7.56. The van der Waals surface area contributed by atoms with Crippen molar-refractivity contribution < 1.29 is 18.7 Å². The molecule has 3 N–H and O–H groups in total. The van der Waals surface area contributed by atoms with E-state index in [0.29, 0.717) is 11.5 Å². The minimum Gasteiger partial charge on any atom is -0.488 e. The van der Waals surface area contributed by atoms with Gasteiger partial charge in [0.2, 0.25) is 5.91 Å². The van der Waals surface area contributed by atoms with Gasteiger partial charge < -0.3 is 15.8 Å². The Labute approximate surface area is 158 Å². The molecule has 0 aliphatic carbocycles. The predicted molar refractivity (Wildman–Crippen MR) is 102 cm³/mol. The SMILES string of the molecule is Cc1c(F)cc(C(N)=O)cc1NC(=O)c1cc2c(s1)-c1ccccc1OC2. The van der Waals surface area contributed by atoms with Crippen molar-refractivity contribution in [1.29, 1.82) is 0 Å². The maximum absolute atomic E-state index is 14.0. The molecule has 2 amide bonds. The van der Waals surface area contributed by atoms with Gasteiger partial charge in [0, 0.05) is 32.8 Å². The Hall–Kier alpha value is -3.19. The van der Waals surface area contributed by atoms with Crippen molar-refractivity contribution in [3.63, 3.8) is 0 Å². The van der Waals surface area contributed by atoms with E-state index in [-0.39, 0.29) is 22.7 Å². The lowest BCUT2D eigenvalue weighted by Gasteiger charge is -2.16. The minimum atomic E-state index is -0.759. The van der Waals surface area contributed by atoms with Crippen LogP contribution in [0.2, 0.25) is 0 Å². The first-order chi connectivity index (χ1) is 12.9. The summed E-state index contributed by atoms with van der Waals surface area (Å²) < 4.78 is 19.7. The maximum atomic E-state index is 14.0. The van der Waals surface area contributed by atoms with Crippen LogP contribution in [-0.4, -0.2) is 11.8 Å². The monoisotopic (exact) mass is 382 g/mol. The van der Waals surface area contributed by atoms with Gasteiger partial charge in [-0.1, -0.05) is 12.1 Å². The van der Waals surface area contributed by atoms with E-state index in [0.717, 1.165) is 27.8 Å². The fourth-order valence-electron chi connectivity index (χ4n) is 2.95. The van der Waals surface area contributed by atoms with E-state index in [4.69, 9.17) is 10.5 Å². The molecule has 136 valence electrons. The molecule has 1 aliphatic rings. The number of halogens is 1. The smallest absolute Gasteiger partial charge is 0.265 e. The highest BCUT2D eigenvalue weighted by Gasteiger charge is 2.23. The van der Waals surface area contributed by atoms with Gasteiger partial charge in [-0.25, -0.2) is 4.39 Å². The van der Waals surface area contributed by atoms with Crippen LogP contribution in [0.5, 0.6) is 5.75 Å². The third kappa shape index (κ3) is 3.06. The number of hydrogen-bond acceptors (Lipinski definition) is 4. The van der Waals surface area contributed by atoms with Gasteiger partial charge in [0.15, 0.2) is 0 Å². The number of anilines is 1. The number of nitrogens with one attached hydrogen (secondary N) is 1. The number of hydrogen-bond donors (Lipinski definition) is 2. The molecule has 0 atom stereocenters. The molecule has 0 bridgehead atoms. The zero-order valence-electron chi connectivity index (χ0n) is 14.3. The molecule has 1 aliphatic heterocycles. The molecule has 2 heterocycles. The molecule has 0 saturated carbocycles. The van der Waals surface area contributed by atoms with E-state index < -0.39 is 11.7 Å². The molecule has 3 aromatic rings. The molecule has 0 radical (unpaired) electrons.